The Kier molecular flexibility index (Phi) is 5.92. The fourth-order valence-electron chi connectivity index (χ4n) is 4.08. The van der Waals surface area contributed by atoms with Crippen LogP contribution in [-0.4, -0.2) is 39.9 Å². The second-order valence-electron chi connectivity index (χ2n) is 8.05. The van der Waals surface area contributed by atoms with Gasteiger partial charge >= 0.3 is 0 Å². The number of rotatable bonds is 6. The van der Waals surface area contributed by atoms with Crippen LogP contribution in [0, 0.1) is 0 Å². The summed E-state index contributed by atoms with van der Waals surface area (Å²) in [4.78, 5) is 25.1. The summed E-state index contributed by atoms with van der Waals surface area (Å²) in [5, 5.41) is 4.32. The van der Waals surface area contributed by atoms with Gasteiger partial charge in [0.1, 0.15) is 5.82 Å². The second kappa shape index (κ2) is 8.59. The maximum atomic E-state index is 12.9. The molecular weight excluding hydrogens is 380 g/mol. The Balaban J connectivity index is 1.57. The van der Waals surface area contributed by atoms with Crippen LogP contribution in [0.2, 0.25) is 0 Å². The Morgan fingerprint density at radius 3 is 2.76 bits per heavy atom. The van der Waals surface area contributed by atoms with Gasteiger partial charge in [-0.2, -0.15) is 0 Å². The molecule has 152 valence electrons. The van der Waals surface area contributed by atoms with Crippen LogP contribution in [0.1, 0.15) is 59.7 Å². The predicted molar refractivity (Wildman–Crippen MR) is 118 cm³/mol. The van der Waals surface area contributed by atoms with Crippen molar-refractivity contribution in [3.8, 4) is 0 Å². The third-order valence-electron chi connectivity index (χ3n) is 5.42. The fraction of sp³-hybridized carbons (Fsp3) is 0.435. The van der Waals surface area contributed by atoms with Gasteiger partial charge < -0.3 is 5.32 Å². The minimum atomic E-state index is 0.0539. The molecule has 1 unspecified atom stereocenters. The van der Waals surface area contributed by atoms with Gasteiger partial charge in [-0.05, 0) is 43.8 Å². The molecule has 1 aliphatic heterocycles. The van der Waals surface area contributed by atoms with E-state index in [4.69, 9.17) is 0 Å². The number of aryl methyl sites for hydroxylation is 1. The number of aromatic nitrogens is 2. The summed E-state index contributed by atoms with van der Waals surface area (Å²) in [6.45, 7) is 8.92. The average molecular weight is 409 g/mol. The summed E-state index contributed by atoms with van der Waals surface area (Å²) >= 11 is 1.62. The molecular formula is C23H28N4OS. The smallest absolute Gasteiger partial charge is 0.261 e. The van der Waals surface area contributed by atoms with E-state index in [1.54, 1.807) is 11.3 Å². The Morgan fingerprint density at radius 1 is 1.28 bits per heavy atom. The third kappa shape index (κ3) is 4.33. The number of likely N-dealkylation sites (tertiary alicyclic amines) is 1. The van der Waals surface area contributed by atoms with Gasteiger partial charge in [-0.15, -0.1) is 11.3 Å². The molecule has 2 aromatic heterocycles. The van der Waals surface area contributed by atoms with Crippen molar-refractivity contribution < 1.29 is 4.79 Å². The molecule has 1 amide bonds. The molecule has 5 nitrogen and oxygen atoms in total. The number of fused-ring (bicyclic) bond motifs is 1. The first kappa shape index (κ1) is 20.0. The molecule has 1 fully saturated rings. The van der Waals surface area contributed by atoms with E-state index in [0.717, 1.165) is 48.7 Å². The number of nitrogens with one attached hydrogen (secondary N) is 1. The molecule has 29 heavy (non-hydrogen) atoms. The summed E-state index contributed by atoms with van der Waals surface area (Å²) in [5.74, 6) is 1.31. The molecule has 3 aromatic rings. The normalized spacial score (nSPS) is 17.3. The minimum Gasteiger partial charge on any atom is -0.349 e. The zero-order chi connectivity index (χ0) is 20.4. The molecule has 1 aromatic carbocycles. The monoisotopic (exact) mass is 408 g/mol. The highest BCUT2D eigenvalue weighted by Gasteiger charge is 2.30. The van der Waals surface area contributed by atoms with E-state index in [2.05, 4.69) is 45.3 Å². The number of carbonyl (C=O) groups excluding carboxylic acids is 1. The van der Waals surface area contributed by atoms with Gasteiger partial charge in [-0.1, -0.05) is 25.1 Å². The molecule has 1 saturated heterocycles. The Hall–Kier alpha value is -2.31. The quantitative estimate of drug-likeness (QED) is 0.658. The van der Waals surface area contributed by atoms with Crippen molar-refractivity contribution in [2.45, 2.75) is 52.1 Å². The number of nitrogens with zero attached hydrogens (tertiary/aromatic N) is 3. The van der Waals surface area contributed by atoms with Crippen molar-refractivity contribution in [1.82, 2.24) is 20.2 Å². The molecule has 4 rings (SSSR count). The van der Waals surface area contributed by atoms with Crippen molar-refractivity contribution in [1.29, 1.82) is 0 Å². The van der Waals surface area contributed by atoms with Crippen LogP contribution < -0.4 is 5.32 Å². The first-order valence-electron chi connectivity index (χ1n) is 10.4. The maximum absolute atomic E-state index is 12.9. The number of hydrogen-bond donors (Lipinski definition) is 1. The Morgan fingerprint density at radius 2 is 2.03 bits per heavy atom. The van der Waals surface area contributed by atoms with Gasteiger partial charge in [0.15, 0.2) is 0 Å². The average Bonchev–Trinajstić information content (AvgIpc) is 3.32. The largest absolute Gasteiger partial charge is 0.349 e. The van der Waals surface area contributed by atoms with Crippen LogP contribution in [0.5, 0.6) is 0 Å². The lowest BCUT2D eigenvalue weighted by Crippen LogP contribution is -2.30. The van der Waals surface area contributed by atoms with Crippen molar-refractivity contribution in [3.63, 3.8) is 0 Å². The van der Waals surface area contributed by atoms with Crippen LogP contribution in [0.25, 0.3) is 10.1 Å². The highest BCUT2D eigenvalue weighted by atomic mass is 32.1. The molecule has 1 atom stereocenters. The number of amides is 1. The fourth-order valence-corrected chi connectivity index (χ4v) is 5.28. The molecule has 6 heteroatoms. The van der Waals surface area contributed by atoms with Gasteiger partial charge in [0.05, 0.1) is 4.88 Å². The summed E-state index contributed by atoms with van der Waals surface area (Å²) in [5.41, 5.74) is 2.37. The van der Waals surface area contributed by atoms with E-state index in [-0.39, 0.29) is 11.9 Å². The zero-order valence-electron chi connectivity index (χ0n) is 17.3. The molecule has 0 spiro atoms. The maximum Gasteiger partial charge on any atom is 0.261 e. The molecule has 0 saturated carbocycles. The minimum absolute atomic E-state index is 0.0539. The van der Waals surface area contributed by atoms with Crippen molar-refractivity contribution >= 4 is 27.3 Å². The summed E-state index contributed by atoms with van der Waals surface area (Å²) in [7, 11) is 0. The SMILES string of the molecule is CCc1ncc(CN2CCC(c3c(C(=O)NC(C)C)sc4ccccc34)C2)cn1. The van der Waals surface area contributed by atoms with E-state index in [1.165, 1.54) is 15.6 Å². The topological polar surface area (TPSA) is 58.1 Å². The van der Waals surface area contributed by atoms with Gasteiger partial charge in [-0.3, -0.25) is 9.69 Å². The van der Waals surface area contributed by atoms with E-state index < -0.39 is 0 Å². The number of carbonyl (C=O) groups is 1. The van der Waals surface area contributed by atoms with E-state index >= 15 is 0 Å². The lowest BCUT2D eigenvalue weighted by molar-refractivity contribution is 0.0946. The lowest BCUT2D eigenvalue weighted by Gasteiger charge is -2.17. The zero-order valence-corrected chi connectivity index (χ0v) is 18.1. The summed E-state index contributed by atoms with van der Waals surface area (Å²) < 4.78 is 1.19. The van der Waals surface area contributed by atoms with E-state index in [0.29, 0.717) is 5.92 Å². The first-order valence-corrected chi connectivity index (χ1v) is 11.2. The molecule has 0 aliphatic carbocycles. The number of benzene rings is 1. The molecule has 0 bridgehead atoms. The highest BCUT2D eigenvalue weighted by molar-refractivity contribution is 7.21. The molecule has 1 aliphatic rings. The van der Waals surface area contributed by atoms with Crippen LogP contribution in [0.3, 0.4) is 0 Å². The van der Waals surface area contributed by atoms with Gasteiger partial charge in [-0.25, -0.2) is 9.97 Å². The van der Waals surface area contributed by atoms with Crippen molar-refractivity contribution in [2.24, 2.45) is 0 Å². The Bertz CT molecular complexity index is 996. The van der Waals surface area contributed by atoms with Crippen LogP contribution in [0.15, 0.2) is 36.7 Å². The van der Waals surface area contributed by atoms with Crippen LogP contribution in [-0.2, 0) is 13.0 Å². The van der Waals surface area contributed by atoms with E-state index in [9.17, 15) is 4.79 Å². The van der Waals surface area contributed by atoms with Crippen molar-refractivity contribution in [2.75, 3.05) is 13.1 Å². The van der Waals surface area contributed by atoms with Gasteiger partial charge in [0.25, 0.3) is 5.91 Å². The van der Waals surface area contributed by atoms with Gasteiger partial charge in [0, 0.05) is 54.1 Å². The van der Waals surface area contributed by atoms with Crippen LogP contribution >= 0.6 is 11.3 Å². The van der Waals surface area contributed by atoms with Crippen molar-refractivity contribution in [3.05, 3.63) is 58.5 Å². The number of thiophene rings is 1. The van der Waals surface area contributed by atoms with E-state index in [1.807, 2.05) is 32.3 Å². The molecule has 3 heterocycles. The lowest BCUT2D eigenvalue weighted by atomic mass is 9.95. The second-order valence-corrected chi connectivity index (χ2v) is 9.10. The Labute approximate surface area is 176 Å². The first-order chi connectivity index (χ1) is 14.0. The standard InChI is InChI=1S/C23H28N4OS/c1-4-20-24-11-16(12-25-20)13-27-10-9-17(14-27)21-18-7-5-6-8-19(18)29-22(21)23(28)26-15(2)3/h5-8,11-12,15,17H,4,9-10,13-14H2,1-3H3,(H,26,28). The number of hydrogen-bond acceptors (Lipinski definition) is 5. The van der Waals surface area contributed by atoms with Gasteiger partial charge in [0.2, 0.25) is 0 Å². The molecule has 1 N–H and O–H groups in total. The molecule has 0 radical (unpaired) electrons. The van der Waals surface area contributed by atoms with Crippen LogP contribution in [0.4, 0.5) is 0 Å². The third-order valence-corrected chi connectivity index (χ3v) is 6.61. The summed E-state index contributed by atoms with van der Waals surface area (Å²) in [6, 6.07) is 8.53. The summed E-state index contributed by atoms with van der Waals surface area (Å²) in [6.07, 6.45) is 5.82. The highest BCUT2D eigenvalue weighted by Crippen LogP contribution is 2.40. The predicted octanol–water partition coefficient (Wildman–Crippen LogP) is 4.38.